The Kier molecular flexibility index (Phi) is 6.33. The predicted octanol–water partition coefficient (Wildman–Crippen LogP) is 3.53. The van der Waals surface area contributed by atoms with Crippen LogP contribution in [0.2, 0.25) is 5.02 Å². The fraction of sp³-hybridized carbons (Fsp3) is 0.105. The Morgan fingerprint density at radius 2 is 1.84 bits per heavy atom. The van der Waals surface area contributed by atoms with Crippen molar-refractivity contribution in [3.05, 3.63) is 76.5 Å². The van der Waals surface area contributed by atoms with Gasteiger partial charge >= 0.3 is 0 Å². The zero-order valence-corrected chi connectivity index (χ0v) is 14.3. The molecule has 1 amide bonds. The summed E-state index contributed by atoms with van der Waals surface area (Å²) in [6.45, 7) is 2.16. The van der Waals surface area contributed by atoms with Crippen LogP contribution >= 0.6 is 11.6 Å². The lowest BCUT2D eigenvalue weighted by Crippen LogP contribution is -2.29. The van der Waals surface area contributed by atoms with Gasteiger partial charge < -0.3 is 10.6 Å². The van der Waals surface area contributed by atoms with Gasteiger partial charge in [0.2, 0.25) is 5.78 Å². The van der Waals surface area contributed by atoms with Crippen LogP contribution in [0, 0.1) is 11.3 Å². The molecule has 0 atom stereocenters. The molecule has 6 heteroatoms. The van der Waals surface area contributed by atoms with Crippen molar-refractivity contribution in [2.24, 2.45) is 0 Å². The van der Waals surface area contributed by atoms with Crippen LogP contribution in [0.4, 0.5) is 5.69 Å². The smallest absolute Gasteiger partial charge is 0.256 e. The molecule has 0 aliphatic rings. The number of rotatable bonds is 6. The number of nitriles is 1. The molecule has 0 aliphatic heterocycles. The SMILES string of the molecule is CCNC(=O)C(=CNc1ccc(C#N)cc1)C(=O)c1ccccc1Cl. The first-order valence-corrected chi connectivity index (χ1v) is 7.99. The number of carbonyl (C=O) groups is 2. The van der Waals surface area contributed by atoms with Crippen LogP contribution in [0.1, 0.15) is 22.8 Å². The van der Waals surface area contributed by atoms with E-state index in [4.69, 9.17) is 16.9 Å². The van der Waals surface area contributed by atoms with Crippen LogP contribution in [0.25, 0.3) is 0 Å². The molecule has 0 aliphatic carbocycles. The Bertz CT molecular complexity index is 852. The molecule has 2 N–H and O–H groups in total. The van der Waals surface area contributed by atoms with E-state index in [9.17, 15) is 9.59 Å². The number of likely N-dealkylation sites (N-methyl/N-ethyl adjacent to an activating group) is 1. The van der Waals surface area contributed by atoms with Crippen LogP contribution in [0.5, 0.6) is 0 Å². The zero-order chi connectivity index (χ0) is 18.2. The second-order valence-corrected chi connectivity index (χ2v) is 5.47. The first kappa shape index (κ1) is 18.2. The molecular formula is C19H16ClN3O2. The standard InChI is InChI=1S/C19H16ClN3O2/c1-2-22-19(25)16(18(24)15-5-3-4-6-17(15)20)12-23-14-9-7-13(11-21)8-10-14/h3-10,12,23H,2H2,1H3,(H,22,25). The lowest BCUT2D eigenvalue weighted by atomic mass is 10.0. The summed E-state index contributed by atoms with van der Waals surface area (Å²) in [5.74, 6) is -0.966. The van der Waals surface area contributed by atoms with Crippen molar-refractivity contribution in [3.8, 4) is 6.07 Å². The lowest BCUT2D eigenvalue weighted by Gasteiger charge is -2.09. The van der Waals surface area contributed by atoms with Crippen molar-refractivity contribution in [2.75, 3.05) is 11.9 Å². The van der Waals surface area contributed by atoms with E-state index < -0.39 is 11.7 Å². The second kappa shape index (κ2) is 8.67. The Morgan fingerprint density at radius 3 is 2.44 bits per heavy atom. The van der Waals surface area contributed by atoms with Gasteiger partial charge in [-0.1, -0.05) is 23.7 Å². The van der Waals surface area contributed by atoms with E-state index in [2.05, 4.69) is 10.6 Å². The van der Waals surface area contributed by atoms with E-state index >= 15 is 0 Å². The van der Waals surface area contributed by atoms with Crippen LogP contribution in [0.15, 0.2) is 60.3 Å². The van der Waals surface area contributed by atoms with Crippen LogP contribution < -0.4 is 10.6 Å². The molecule has 2 aromatic rings. The summed E-state index contributed by atoms with van der Waals surface area (Å²) >= 11 is 6.06. The van der Waals surface area contributed by atoms with Gasteiger partial charge in [0.05, 0.1) is 16.7 Å². The van der Waals surface area contributed by atoms with Gasteiger partial charge in [-0.15, -0.1) is 0 Å². The van der Waals surface area contributed by atoms with Crippen molar-refractivity contribution in [3.63, 3.8) is 0 Å². The van der Waals surface area contributed by atoms with E-state index in [1.54, 1.807) is 55.5 Å². The number of carbonyl (C=O) groups excluding carboxylic acids is 2. The average molecular weight is 354 g/mol. The molecule has 0 radical (unpaired) electrons. The predicted molar refractivity (Wildman–Crippen MR) is 97.3 cm³/mol. The maximum absolute atomic E-state index is 12.7. The molecule has 0 spiro atoms. The molecule has 2 aromatic carbocycles. The summed E-state index contributed by atoms with van der Waals surface area (Å²) in [6.07, 6.45) is 1.35. The Hall–Kier alpha value is -3.10. The third-order valence-electron chi connectivity index (χ3n) is 3.34. The highest BCUT2D eigenvalue weighted by atomic mass is 35.5. The highest BCUT2D eigenvalue weighted by Gasteiger charge is 2.21. The van der Waals surface area contributed by atoms with Crippen molar-refractivity contribution in [1.29, 1.82) is 5.26 Å². The lowest BCUT2D eigenvalue weighted by molar-refractivity contribution is -0.117. The van der Waals surface area contributed by atoms with E-state index in [1.807, 2.05) is 6.07 Å². The number of hydrogen-bond acceptors (Lipinski definition) is 4. The van der Waals surface area contributed by atoms with E-state index in [1.165, 1.54) is 6.20 Å². The number of Topliss-reactive ketones (excluding diaryl/α,β-unsaturated/α-hetero) is 1. The Labute approximate surface area is 150 Å². The number of hydrogen-bond donors (Lipinski definition) is 2. The normalized spacial score (nSPS) is 10.7. The number of halogens is 1. The van der Waals surface area contributed by atoms with Gasteiger partial charge in [0.25, 0.3) is 5.91 Å². The summed E-state index contributed by atoms with van der Waals surface area (Å²) in [5, 5.41) is 14.6. The second-order valence-electron chi connectivity index (χ2n) is 5.06. The minimum absolute atomic E-state index is 0.0562. The molecule has 5 nitrogen and oxygen atoms in total. The first-order valence-electron chi connectivity index (χ1n) is 7.61. The van der Waals surface area contributed by atoms with Crippen LogP contribution in [-0.4, -0.2) is 18.2 Å². The summed E-state index contributed by atoms with van der Waals surface area (Å²) in [7, 11) is 0. The van der Waals surface area contributed by atoms with Gasteiger partial charge in [-0.25, -0.2) is 0 Å². The topological polar surface area (TPSA) is 82.0 Å². The third kappa shape index (κ3) is 4.69. The molecule has 0 saturated heterocycles. The molecule has 0 heterocycles. The largest absolute Gasteiger partial charge is 0.361 e. The Balaban J connectivity index is 2.31. The number of anilines is 1. The Morgan fingerprint density at radius 1 is 1.16 bits per heavy atom. The molecule has 25 heavy (non-hydrogen) atoms. The van der Waals surface area contributed by atoms with E-state index in [0.717, 1.165) is 0 Å². The van der Waals surface area contributed by atoms with Crippen LogP contribution in [0.3, 0.4) is 0 Å². The monoisotopic (exact) mass is 353 g/mol. The third-order valence-corrected chi connectivity index (χ3v) is 3.67. The van der Waals surface area contributed by atoms with Crippen molar-refractivity contribution >= 4 is 29.0 Å². The van der Waals surface area contributed by atoms with Crippen molar-refractivity contribution < 1.29 is 9.59 Å². The minimum atomic E-state index is -0.492. The molecule has 0 aromatic heterocycles. The van der Waals surface area contributed by atoms with Crippen LogP contribution in [-0.2, 0) is 4.79 Å². The van der Waals surface area contributed by atoms with Gasteiger partial charge in [-0.05, 0) is 43.3 Å². The molecule has 126 valence electrons. The van der Waals surface area contributed by atoms with Gasteiger partial charge in [0.15, 0.2) is 0 Å². The van der Waals surface area contributed by atoms with Gasteiger partial charge in [-0.3, -0.25) is 9.59 Å². The van der Waals surface area contributed by atoms with Crippen molar-refractivity contribution in [2.45, 2.75) is 6.92 Å². The summed E-state index contributed by atoms with van der Waals surface area (Å²) < 4.78 is 0. The molecule has 0 fully saturated rings. The van der Waals surface area contributed by atoms with E-state index in [0.29, 0.717) is 17.8 Å². The van der Waals surface area contributed by atoms with Gasteiger partial charge in [0, 0.05) is 24.0 Å². The fourth-order valence-electron chi connectivity index (χ4n) is 2.08. The summed E-state index contributed by atoms with van der Waals surface area (Å²) in [4.78, 5) is 25.0. The summed E-state index contributed by atoms with van der Waals surface area (Å²) in [5.41, 5.74) is 1.36. The molecule has 2 rings (SSSR count). The highest BCUT2D eigenvalue weighted by Crippen LogP contribution is 2.19. The van der Waals surface area contributed by atoms with Gasteiger partial charge in [-0.2, -0.15) is 5.26 Å². The zero-order valence-electron chi connectivity index (χ0n) is 13.5. The maximum Gasteiger partial charge on any atom is 0.256 e. The molecule has 0 unspecified atom stereocenters. The minimum Gasteiger partial charge on any atom is -0.361 e. The number of amides is 1. The number of ketones is 1. The quantitative estimate of drug-likeness (QED) is 0.360. The molecular weight excluding hydrogens is 338 g/mol. The number of benzene rings is 2. The van der Waals surface area contributed by atoms with E-state index in [-0.39, 0.29) is 16.2 Å². The number of nitrogens with zero attached hydrogens (tertiary/aromatic N) is 1. The number of nitrogens with one attached hydrogen (secondary N) is 2. The maximum atomic E-state index is 12.7. The van der Waals surface area contributed by atoms with Gasteiger partial charge in [0.1, 0.15) is 5.57 Å². The summed E-state index contributed by atoms with van der Waals surface area (Å²) in [6, 6.07) is 15.2. The molecule has 0 bridgehead atoms. The fourth-order valence-corrected chi connectivity index (χ4v) is 2.30. The highest BCUT2D eigenvalue weighted by molar-refractivity contribution is 6.37. The molecule has 0 saturated carbocycles. The first-order chi connectivity index (χ1) is 12.1. The van der Waals surface area contributed by atoms with Crippen molar-refractivity contribution in [1.82, 2.24) is 5.32 Å². The average Bonchev–Trinajstić information content (AvgIpc) is 2.63.